The summed E-state index contributed by atoms with van der Waals surface area (Å²) in [6.07, 6.45) is 0. The van der Waals surface area contributed by atoms with Gasteiger partial charge in [-0.05, 0) is 44.8 Å². The first-order valence-corrected chi connectivity index (χ1v) is 3.90. The zero-order valence-electron chi connectivity index (χ0n) is 7.58. The molecule has 1 aliphatic carbocycles. The second-order valence-corrected chi connectivity index (χ2v) is 3.34. The van der Waals surface area contributed by atoms with Gasteiger partial charge in [-0.3, -0.25) is 0 Å². The zero-order chi connectivity index (χ0) is 7.89. The Morgan fingerprint density at radius 1 is 0.818 bits per heavy atom. The van der Waals surface area contributed by atoms with Gasteiger partial charge in [-0.25, -0.2) is 0 Å². The van der Waals surface area contributed by atoms with Crippen molar-refractivity contribution in [1.82, 2.24) is 0 Å². The molecule has 0 amide bonds. The van der Waals surface area contributed by atoms with Gasteiger partial charge in [-0.15, -0.1) is 0 Å². The summed E-state index contributed by atoms with van der Waals surface area (Å²) in [7, 11) is 0. The Labute approximate surface area is 92.1 Å². The molecule has 0 N–H and O–H groups in total. The average molecular weight is 160 g/mol. The summed E-state index contributed by atoms with van der Waals surface area (Å²) in [6.45, 7) is 11.2. The Morgan fingerprint density at radius 2 is 1.09 bits per heavy atom. The molecule has 58 valence electrons. The number of hydrogen-bond donors (Lipinski definition) is 0. The van der Waals surface area contributed by atoms with Crippen LogP contribution in [0, 0.1) is 5.92 Å². The van der Waals surface area contributed by atoms with Crippen LogP contribution in [0.5, 0.6) is 0 Å². The van der Waals surface area contributed by atoms with Gasteiger partial charge in [0.05, 0.1) is 0 Å². The van der Waals surface area contributed by atoms with Crippen LogP contribution in [0.3, 0.4) is 0 Å². The van der Waals surface area contributed by atoms with Crippen LogP contribution < -0.4 is 0 Å². The fourth-order valence-corrected chi connectivity index (χ4v) is 1.57. The molecule has 0 atom stereocenters. The summed E-state index contributed by atoms with van der Waals surface area (Å²) in [4.78, 5) is 0. The van der Waals surface area contributed by atoms with Crippen LogP contribution in [0.4, 0.5) is 0 Å². The molecule has 0 bridgehead atoms. The van der Waals surface area contributed by atoms with Crippen molar-refractivity contribution in [3.8, 4) is 0 Å². The molecule has 0 fully saturated rings. The van der Waals surface area contributed by atoms with Gasteiger partial charge in [0.25, 0.3) is 0 Å². The maximum absolute atomic E-state index is 2.28. The van der Waals surface area contributed by atoms with Gasteiger partial charge in [0.1, 0.15) is 0 Å². The van der Waals surface area contributed by atoms with Crippen molar-refractivity contribution < 1.29 is 0 Å². The molecular weight excluding hydrogens is 143 g/mol. The van der Waals surface area contributed by atoms with Crippen LogP contribution in [0.1, 0.15) is 34.6 Å². The summed E-state index contributed by atoms with van der Waals surface area (Å²) in [5, 5.41) is 0. The van der Waals surface area contributed by atoms with Crippen LogP contribution in [-0.2, 0) is 0 Å². The minimum absolute atomic E-state index is 0. The summed E-state index contributed by atoms with van der Waals surface area (Å²) in [5.74, 6) is 0.694. The number of allylic oxidation sites excluding steroid dienone is 4. The molecule has 0 aromatic carbocycles. The standard InChI is InChI=1S/C10H16.Na.H/c1-6-7(2)9(4)10(5)8(6)3;;/h6H,1-5H3;;. The first-order chi connectivity index (χ1) is 4.55. The monoisotopic (exact) mass is 160 g/mol. The van der Waals surface area contributed by atoms with E-state index in [1.54, 1.807) is 11.1 Å². The van der Waals surface area contributed by atoms with E-state index in [2.05, 4.69) is 34.6 Å². The van der Waals surface area contributed by atoms with Crippen molar-refractivity contribution in [3.63, 3.8) is 0 Å². The predicted octanol–water partition coefficient (Wildman–Crippen LogP) is 2.66. The molecule has 1 aliphatic rings. The Balaban J connectivity index is 0.000001000. The Kier molecular flexibility index (Phi) is 4.10. The van der Waals surface area contributed by atoms with E-state index in [-0.39, 0.29) is 29.6 Å². The van der Waals surface area contributed by atoms with Gasteiger partial charge in [-0.2, -0.15) is 0 Å². The van der Waals surface area contributed by atoms with Gasteiger partial charge >= 0.3 is 29.6 Å². The summed E-state index contributed by atoms with van der Waals surface area (Å²) in [5.41, 5.74) is 6.11. The van der Waals surface area contributed by atoms with Crippen LogP contribution in [0.25, 0.3) is 0 Å². The summed E-state index contributed by atoms with van der Waals surface area (Å²) < 4.78 is 0. The molecular formula is C10H17Na. The third-order valence-corrected chi connectivity index (χ3v) is 3.04. The van der Waals surface area contributed by atoms with Crippen LogP contribution in [-0.4, -0.2) is 29.6 Å². The fourth-order valence-electron chi connectivity index (χ4n) is 1.57. The van der Waals surface area contributed by atoms with Gasteiger partial charge < -0.3 is 0 Å². The van der Waals surface area contributed by atoms with E-state index >= 15 is 0 Å². The van der Waals surface area contributed by atoms with Gasteiger partial charge in [0, 0.05) is 0 Å². The molecule has 0 radical (unpaired) electrons. The van der Waals surface area contributed by atoms with Crippen molar-refractivity contribution in [2.24, 2.45) is 5.92 Å². The van der Waals surface area contributed by atoms with E-state index in [0.29, 0.717) is 5.92 Å². The average Bonchev–Trinajstić information content (AvgIpc) is 2.07. The normalized spacial score (nSPS) is 19.4. The van der Waals surface area contributed by atoms with Crippen molar-refractivity contribution in [2.45, 2.75) is 34.6 Å². The molecule has 0 nitrogen and oxygen atoms in total. The molecule has 1 rings (SSSR count). The van der Waals surface area contributed by atoms with Crippen LogP contribution >= 0.6 is 0 Å². The molecule has 0 heterocycles. The SMILES string of the molecule is CC1=C(C)C(C)C(C)=C1C.[NaH]. The molecule has 11 heavy (non-hydrogen) atoms. The molecule has 0 unspecified atom stereocenters. The Hall–Kier alpha value is 0.480. The van der Waals surface area contributed by atoms with Crippen molar-refractivity contribution in [1.29, 1.82) is 0 Å². The fraction of sp³-hybridized carbons (Fsp3) is 0.600. The molecule has 0 aromatic rings. The molecule has 1 heteroatoms. The van der Waals surface area contributed by atoms with Gasteiger partial charge in [-0.1, -0.05) is 18.1 Å². The quantitative estimate of drug-likeness (QED) is 0.478. The van der Waals surface area contributed by atoms with E-state index in [9.17, 15) is 0 Å². The molecule has 0 saturated carbocycles. The van der Waals surface area contributed by atoms with E-state index in [1.165, 1.54) is 11.1 Å². The van der Waals surface area contributed by atoms with Gasteiger partial charge in [0.15, 0.2) is 0 Å². The van der Waals surface area contributed by atoms with E-state index in [0.717, 1.165) is 0 Å². The zero-order valence-corrected chi connectivity index (χ0v) is 7.58. The predicted molar refractivity (Wildman–Crippen MR) is 53.1 cm³/mol. The van der Waals surface area contributed by atoms with Crippen molar-refractivity contribution in [3.05, 3.63) is 22.3 Å². The first-order valence-electron chi connectivity index (χ1n) is 3.90. The van der Waals surface area contributed by atoms with E-state index in [4.69, 9.17) is 0 Å². The molecule has 0 spiro atoms. The van der Waals surface area contributed by atoms with Crippen molar-refractivity contribution in [2.75, 3.05) is 0 Å². The number of rotatable bonds is 0. The Morgan fingerprint density at radius 3 is 1.18 bits per heavy atom. The number of hydrogen-bond acceptors (Lipinski definition) is 0. The molecule has 0 aromatic heterocycles. The second-order valence-electron chi connectivity index (χ2n) is 3.34. The van der Waals surface area contributed by atoms with Gasteiger partial charge in [0.2, 0.25) is 0 Å². The minimum atomic E-state index is 0. The van der Waals surface area contributed by atoms with E-state index in [1.807, 2.05) is 0 Å². The third-order valence-electron chi connectivity index (χ3n) is 3.04. The summed E-state index contributed by atoms with van der Waals surface area (Å²) >= 11 is 0. The molecule has 0 saturated heterocycles. The second kappa shape index (κ2) is 3.93. The topological polar surface area (TPSA) is 0 Å². The third kappa shape index (κ3) is 1.80. The summed E-state index contributed by atoms with van der Waals surface area (Å²) in [6, 6.07) is 0. The molecule has 0 aliphatic heterocycles. The Bertz CT molecular complexity index is 197. The maximum atomic E-state index is 2.28. The van der Waals surface area contributed by atoms with Crippen LogP contribution in [0.15, 0.2) is 22.3 Å². The van der Waals surface area contributed by atoms with Crippen LogP contribution in [0.2, 0.25) is 0 Å². The first kappa shape index (κ1) is 11.5. The van der Waals surface area contributed by atoms with Crippen molar-refractivity contribution >= 4 is 29.6 Å². The van der Waals surface area contributed by atoms with E-state index < -0.39 is 0 Å².